The summed E-state index contributed by atoms with van der Waals surface area (Å²) < 4.78 is 36.9. The Balaban J connectivity index is 1.96. The van der Waals surface area contributed by atoms with Gasteiger partial charge in [-0.15, -0.1) is 0 Å². The Labute approximate surface area is 132 Å². The molecule has 0 heterocycles. The van der Waals surface area contributed by atoms with Gasteiger partial charge >= 0.3 is 0 Å². The summed E-state index contributed by atoms with van der Waals surface area (Å²) in [4.78, 5) is 11.8. The van der Waals surface area contributed by atoms with Gasteiger partial charge in [0.25, 0.3) is 0 Å². The van der Waals surface area contributed by atoms with Crippen molar-refractivity contribution in [2.75, 3.05) is 5.75 Å². The Kier molecular flexibility index (Phi) is 5.15. The van der Waals surface area contributed by atoms with Crippen molar-refractivity contribution >= 4 is 27.3 Å². The van der Waals surface area contributed by atoms with Gasteiger partial charge in [-0.25, -0.2) is 12.8 Å². The molecule has 0 aliphatic heterocycles. The van der Waals surface area contributed by atoms with E-state index in [1.54, 1.807) is 0 Å². The van der Waals surface area contributed by atoms with Crippen LogP contribution in [0.15, 0.2) is 53.4 Å². The summed E-state index contributed by atoms with van der Waals surface area (Å²) in [5.74, 6) is -1.66. The lowest BCUT2D eigenvalue weighted by Crippen LogP contribution is -2.29. The number of sulfone groups is 1. The molecule has 0 atom stereocenters. The third-order valence-electron chi connectivity index (χ3n) is 2.90. The molecule has 116 valence electrons. The summed E-state index contributed by atoms with van der Waals surface area (Å²) in [6.45, 7) is 0.134. The van der Waals surface area contributed by atoms with Gasteiger partial charge in [-0.1, -0.05) is 23.7 Å². The van der Waals surface area contributed by atoms with Crippen molar-refractivity contribution < 1.29 is 17.6 Å². The van der Waals surface area contributed by atoms with Crippen LogP contribution in [0, 0.1) is 5.82 Å². The molecule has 0 saturated carbocycles. The molecule has 0 radical (unpaired) electrons. The molecule has 1 amide bonds. The van der Waals surface area contributed by atoms with Gasteiger partial charge in [0.2, 0.25) is 5.91 Å². The molecule has 2 aromatic carbocycles. The lowest BCUT2D eigenvalue weighted by molar-refractivity contribution is -0.118. The Morgan fingerprint density at radius 3 is 2.23 bits per heavy atom. The van der Waals surface area contributed by atoms with Crippen LogP contribution in [0.4, 0.5) is 4.39 Å². The van der Waals surface area contributed by atoms with Crippen molar-refractivity contribution in [2.45, 2.75) is 11.4 Å². The van der Waals surface area contributed by atoms with Gasteiger partial charge < -0.3 is 5.32 Å². The van der Waals surface area contributed by atoms with Crippen molar-refractivity contribution in [3.63, 3.8) is 0 Å². The van der Waals surface area contributed by atoms with Crippen LogP contribution in [0.1, 0.15) is 5.56 Å². The maximum Gasteiger partial charge on any atom is 0.235 e. The zero-order valence-corrected chi connectivity index (χ0v) is 13.0. The molecule has 0 bridgehead atoms. The molecule has 0 aliphatic carbocycles. The number of amides is 1. The molecular formula is C15H13ClFNO3S. The molecule has 7 heteroatoms. The minimum atomic E-state index is -3.72. The second-order valence-corrected chi connectivity index (χ2v) is 7.04. The molecule has 0 fully saturated rings. The van der Waals surface area contributed by atoms with Crippen LogP contribution in [0.25, 0.3) is 0 Å². The first kappa shape index (κ1) is 16.5. The van der Waals surface area contributed by atoms with Crippen molar-refractivity contribution in [1.29, 1.82) is 0 Å². The van der Waals surface area contributed by atoms with E-state index in [9.17, 15) is 17.6 Å². The minimum Gasteiger partial charge on any atom is -0.351 e. The highest BCUT2D eigenvalue weighted by Crippen LogP contribution is 2.15. The van der Waals surface area contributed by atoms with E-state index in [4.69, 9.17) is 11.6 Å². The lowest BCUT2D eigenvalue weighted by Gasteiger charge is -2.07. The SMILES string of the molecule is O=C(CS(=O)(=O)c1ccc(Cl)cc1)NCc1ccc(F)cc1. The largest absolute Gasteiger partial charge is 0.351 e. The molecule has 0 aliphatic rings. The van der Waals surface area contributed by atoms with E-state index in [1.165, 1.54) is 48.5 Å². The van der Waals surface area contributed by atoms with Crippen LogP contribution in [-0.4, -0.2) is 20.1 Å². The quantitative estimate of drug-likeness (QED) is 0.909. The van der Waals surface area contributed by atoms with Gasteiger partial charge in [-0.2, -0.15) is 0 Å². The number of rotatable bonds is 5. The van der Waals surface area contributed by atoms with E-state index in [1.807, 2.05) is 0 Å². The van der Waals surface area contributed by atoms with E-state index in [-0.39, 0.29) is 17.3 Å². The normalized spacial score (nSPS) is 11.2. The third-order valence-corrected chi connectivity index (χ3v) is 4.78. The number of hydrogen-bond acceptors (Lipinski definition) is 3. The summed E-state index contributed by atoms with van der Waals surface area (Å²) in [5.41, 5.74) is 0.679. The smallest absolute Gasteiger partial charge is 0.235 e. The second-order valence-electron chi connectivity index (χ2n) is 4.62. The van der Waals surface area contributed by atoms with Gasteiger partial charge in [-0.3, -0.25) is 4.79 Å². The fourth-order valence-electron chi connectivity index (χ4n) is 1.75. The maximum atomic E-state index is 12.7. The molecular weight excluding hydrogens is 329 g/mol. The van der Waals surface area contributed by atoms with E-state index < -0.39 is 21.5 Å². The van der Waals surface area contributed by atoms with Gasteiger partial charge in [-0.05, 0) is 42.0 Å². The topological polar surface area (TPSA) is 63.2 Å². The van der Waals surface area contributed by atoms with E-state index in [0.717, 1.165) is 0 Å². The average Bonchev–Trinajstić information content (AvgIpc) is 2.46. The molecule has 2 rings (SSSR count). The molecule has 0 saturated heterocycles. The summed E-state index contributed by atoms with van der Waals surface area (Å²) >= 11 is 5.70. The van der Waals surface area contributed by atoms with Crippen LogP contribution in [0.5, 0.6) is 0 Å². The monoisotopic (exact) mass is 341 g/mol. The molecule has 0 unspecified atom stereocenters. The van der Waals surface area contributed by atoms with Crippen LogP contribution in [-0.2, 0) is 21.2 Å². The van der Waals surface area contributed by atoms with E-state index >= 15 is 0 Å². The predicted octanol–water partition coefficient (Wildman–Crippen LogP) is 2.57. The zero-order valence-electron chi connectivity index (χ0n) is 11.4. The Morgan fingerprint density at radius 2 is 1.64 bits per heavy atom. The Morgan fingerprint density at radius 1 is 1.05 bits per heavy atom. The fraction of sp³-hybridized carbons (Fsp3) is 0.133. The molecule has 2 aromatic rings. The Hall–Kier alpha value is -1.92. The van der Waals surface area contributed by atoms with Crippen LogP contribution in [0.2, 0.25) is 5.02 Å². The number of carbonyl (C=O) groups excluding carboxylic acids is 1. The first-order valence-electron chi connectivity index (χ1n) is 6.36. The van der Waals surface area contributed by atoms with Gasteiger partial charge in [0.15, 0.2) is 9.84 Å². The molecule has 22 heavy (non-hydrogen) atoms. The summed E-state index contributed by atoms with van der Waals surface area (Å²) in [6, 6.07) is 11.2. The van der Waals surface area contributed by atoms with E-state index in [2.05, 4.69) is 5.32 Å². The lowest BCUT2D eigenvalue weighted by atomic mass is 10.2. The second kappa shape index (κ2) is 6.89. The molecule has 0 spiro atoms. The maximum absolute atomic E-state index is 12.7. The first-order valence-corrected chi connectivity index (χ1v) is 8.39. The molecule has 0 aromatic heterocycles. The summed E-state index contributed by atoms with van der Waals surface area (Å²) in [7, 11) is -3.72. The average molecular weight is 342 g/mol. The number of hydrogen-bond donors (Lipinski definition) is 1. The summed E-state index contributed by atoms with van der Waals surface area (Å²) in [6.07, 6.45) is 0. The van der Waals surface area contributed by atoms with Crippen LogP contribution < -0.4 is 5.32 Å². The number of benzene rings is 2. The third kappa shape index (κ3) is 4.54. The minimum absolute atomic E-state index is 0.0360. The first-order chi connectivity index (χ1) is 10.4. The van der Waals surface area contributed by atoms with Crippen molar-refractivity contribution in [1.82, 2.24) is 5.32 Å². The van der Waals surface area contributed by atoms with E-state index in [0.29, 0.717) is 10.6 Å². The van der Waals surface area contributed by atoms with Gasteiger partial charge in [0.05, 0.1) is 4.90 Å². The number of nitrogens with one attached hydrogen (secondary N) is 1. The Bertz CT molecular complexity index is 758. The highest BCUT2D eigenvalue weighted by Gasteiger charge is 2.19. The van der Waals surface area contributed by atoms with Gasteiger partial charge in [0.1, 0.15) is 11.6 Å². The fourth-order valence-corrected chi connectivity index (χ4v) is 3.04. The number of halogens is 2. The molecule has 4 nitrogen and oxygen atoms in total. The van der Waals surface area contributed by atoms with Crippen molar-refractivity contribution in [3.8, 4) is 0 Å². The highest BCUT2D eigenvalue weighted by atomic mass is 35.5. The van der Waals surface area contributed by atoms with Crippen LogP contribution in [0.3, 0.4) is 0 Å². The number of carbonyl (C=O) groups is 1. The summed E-state index contributed by atoms with van der Waals surface area (Å²) in [5, 5.41) is 2.91. The van der Waals surface area contributed by atoms with Gasteiger partial charge in [0, 0.05) is 11.6 Å². The predicted molar refractivity (Wildman–Crippen MR) is 81.8 cm³/mol. The standard InChI is InChI=1S/C15H13ClFNO3S/c16-12-3-7-14(8-4-12)22(20,21)10-15(19)18-9-11-1-5-13(17)6-2-11/h1-8H,9-10H2,(H,18,19). The highest BCUT2D eigenvalue weighted by molar-refractivity contribution is 7.92. The zero-order chi connectivity index (χ0) is 16.2. The molecule has 1 N–H and O–H groups in total. The van der Waals surface area contributed by atoms with Crippen LogP contribution >= 0.6 is 11.6 Å². The van der Waals surface area contributed by atoms with Crippen molar-refractivity contribution in [2.24, 2.45) is 0 Å². The van der Waals surface area contributed by atoms with Crippen molar-refractivity contribution in [3.05, 3.63) is 64.9 Å².